The number of thiazole rings is 1. The van der Waals surface area contributed by atoms with E-state index < -0.39 is 0 Å². The summed E-state index contributed by atoms with van der Waals surface area (Å²) in [4.78, 5) is 8.52. The van der Waals surface area contributed by atoms with E-state index >= 15 is 0 Å². The fourth-order valence-corrected chi connectivity index (χ4v) is 1.67. The van der Waals surface area contributed by atoms with Crippen molar-refractivity contribution in [2.24, 2.45) is 0 Å². The van der Waals surface area contributed by atoms with Gasteiger partial charge in [0.05, 0.1) is 5.01 Å². The van der Waals surface area contributed by atoms with E-state index in [4.69, 9.17) is 4.74 Å². The SMILES string of the molecule is COCc1nc(-c2csc(C)n2)n[nH]1. The van der Waals surface area contributed by atoms with Crippen LogP contribution < -0.4 is 0 Å². The van der Waals surface area contributed by atoms with Crippen molar-refractivity contribution >= 4 is 11.3 Å². The molecule has 5 nitrogen and oxygen atoms in total. The zero-order chi connectivity index (χ0) is 9.97. The summed E-state index contributed by atoms with van der Waals surface area (Å²) < 4.78 is 4.93. The summed E-state index contributed by atoms with van der Waals surface area (Å²) in [6, 6.07) is 0. The van der Waals surface area contributed by atoms with Gasteiger partial charge in [0.1, 0.15) is 12.3 Å². The number of hydrogen-bond donors (Lipinski definition) is 1. The average Bonchev–Trinajstić information content (AvgIpc) is 2.74. The summed E-state index contributed by atoms with van der Waals surface area (Å²) in [5, 5.41) is 9.79. The van der Waals surface area contributed by atoms with E-state index in [1.54, 1.807) is 18.4 Å². The van der Waals surface area contributed by atoms with Gasteiger partial charge in [0.25, 0.3) is 0 Å². The molecule has 0 bridgehead atoms. The number of H-pyrrole nitrogens is 1. The summed E-state index contributed by atoms with van der Waals surface area (Å²) in [5.74, 6) is 1.34. The molecule has 2 aromatic heterocycles. The first-order valence-corrected chi connectivity index (χ1v) is 5.00. The van der Waals surface area contributed by atoms with Crippen molar-refractivity contribution in [3.8, 4) is 11.5 Å². The normalized spacial score (nSPS) is 10.7. The number of rotatable bonds is 3. The van der Waals surface area contributed by atoms with Crippen LogP contribution in [0, 0.1) is 6.92 Å². The standard InChI is InChI=1S/C8H10N4OS/c1-5-9-6(4-14-5)8-10-7(3-13-2)11-12-8/h4H,3H2,1-2H3,(H,10,11,12). The first-order valence-electron chi connectivity index (χ1n) is 4.12. The number of aryl methyl sites for hydroxylation is 1. The minimum absolute atomic E-state index is 0.441. The zero-order valence-electron chi connectivity index (χ0n) is 7.94. The highest BCUT2D eigenvalue weighted by molar-refractivity contribution is 7.09. The highest BCUT2D eigenvalue weighted by Crippen LogP contribution is 2.17. The number of aromatic amines is 1. The van der Waals surface area contributed by atoms with Crippen molar-refractivity contribution in [1.82, 2.24) is 20.2 Å². The van der Waals surface area contributed by atoms with Gasteiger partial charge in [0.2, 0.25) is 5.82 Å². The molecule has 0 unspecified atom stereocenters. The minimum atomic E-state index is 0.441. The van der Waals surface area contributed by atoms with Crippen LogP contribution in [0.1, 0.15) is 10.8 Å². The Hall–Kier alpha value is -1.27. The summed E-state index contributed by atoms with van der Waals surface area (Å²) in [6.45, 7) is 2.40. The van der Waals surface area contributed by atoms with Gasteiger partial charge in [-0.25, -0.2) is 9.97 Å². The molecule has 2 heterocycles. The molecule has 0 aliphatic rings. The van der Waals surface area contributed by atoms with E-state index in [0.29, 0.717) is 18.3 Å². The summed E-state index contributed by atoms with van der Waals surface area (Å²) in [7, 11) is 1.62. The van der Waals surface area contributed by atoms with E-state index in [1.807, 2.05) is 12.3 Å². The van der Waals surface area contributed by atoms with Crippen molar-refractivity contribution in [3.63, 3.8) is 0 Å². The lowest BCUT2D eigenvalue weighted by Crippen LogP contribution is -1.89. The minimum Gasteiger partial charge on any atom is -0.377 e. The van der Waals surface area contributed by atoms with Gasteiger partial charge in [0.15, 0.2) is 5.82 Å². The summed E-state index contributed by atoms with van der Waals surface area (Å²) >= 11 is 1.59. The van der Waals surface area contributed by atoms with Crippen LogP contribution in [0.25, 0.3) is 11.5 Å². The summed E-state index contributed by atoms with van der Waals surface area (Å²) in [5.41, 5.74) is 0.811. The second-order valence-corrected chi connectivity index (χ2v) is 3.85. The fourth-order valence-electron chi connectivity index (χ4n) is 1.08. The van der Waals surface area contributed by atoms with E-state index in [-0.39, 0.29) is 0 Å². The largest absolute Gasteiger partial charge is 0.377 e. The van der Waals surface area contributed by atoms with Gasteiger partial charge in [-0.2, -0.15) is 5.10 Å². The first-order chi connectivity index (χ1) is 6.79. The second-order valence-electron chi connectivity index (χ2n) is 2.79. The average molecular weight is 210 g/mol. The molecule has 0 aliphatic heterocycles. The molecule has 2 aromatic rings. The maximum Gasteiger partial charge on any atom is 0.200 e. The van der Waals surface area contributed by atoms with E-state index in [0.717, 1.165) is 10.7 Å². The Morgan fingerprint density at radius 3 is 3.00 bits per heavy atom. The lowest BCUT2D eigenvalue weighted by molar-refractivity contribution is 0.178. The van der Waals surface area contributed by atoms with Gasteiger partial charge in [-0.05, 0) is 6.92 Å². The lowest BCUT2D eigenvalue weighted by Gasteiger charge is -1.88. The van der Waals surface area contributed by atoms with Crippen LogP contribution >= 0.6 is 11.3 Å². The van der Waals surface area contributed by atoms with E-state index in [1.165, 1.54) is 0 Å². The number of ether oxygens (including phenoxy) is 1. The van der Waals surface area contributed by atoms with Crippen molar-refractivity contribution < 1.29 is 4.74 Å². The quantitative estimate of drug-likeness (QED) is 0.831. The Morgan fingerprint density at radius 2 is 2.36 bits per heavy atom. The maximum absolute atomic E-state index is 4.93. The molecule has 0 saturated carbocycles. The molecule has 2 rings (SSSR count). The third kappa shape index (κ3) is 1.80. The molecule has 14 heavy (non-hydrogen) atoms. The number of hydrogen-bond acceptors (Lipinski definition) is 5. The monoisotopic (exact) mass is 210 g/mol. The molecule has 0 amide bonds. The van der Waals surface area contributed by atoms with Gasteiger partial charge in [0, 0.05) is 12.5 Å². The Labute approximate surface area is 85.2 Å². The van der Waals surface area contributed by atoms with Crippen LogP contribution in [0.2, 0.25) is 0 Å². The van der Waals surface area contributed by atoms with Crippen LogP contribution in [0.4, 0.5) is 0 Å². The van der Waals surface area contributed by atoms with Crippen molar-refractivity contribution in [3.05, 3.63) is 16.2 Å². The van der Waals surface area contributed by atoms with Crippen molar-refractivity contribution in [2.75, 3.05) is 7.11 Å². The second kappa shape index (κ2) is 3.85. The van der Waals surface area contributed by atoms with Crippen molar-refractivity contribution in [2.45, 2.75) is 13.5 Å². The van der Waals surface area contributed by atoms with Gasteiger partial charge in [-0.3, -0.25) is 5.10 Å². The van der Waals surface area contributed by atoms with Crippen LogP contribution in [0.5, 0.6) is 0 Å². The molecule has 0 aromatic carbocycles. The first kappa shape index (κ1) is 9.29. The number of nitrogens with zero attached hydrogens (tertiary/aromatic N) is 3. The smallest absolute Gasteiger partial charge is 0.200 e. The fraction of sp³-hybridized carbons (Fsp3) is 0.375. The van der Waals surface area contributed by atoms with Crippen LogP contribution in [0.3, 0.4) is 0 Å². The molecule has 0 atom stereocenters. The predicted octanol–water partition coefficient (Wildman–Crippen LogP) is 1.38. The molecule has 0 radical (unpaired) electrons. The lowest BCUT2D eigenvalue weighted by atomic mass is 10.5. The van der Waals surface area contributed by atoms with Crippen molar-refractivity contribution in [1.29, 1.82) is 0 Å². The number of methoxy groups -OCH3 is 1. The highest BCUT2D eigenvalue weighted by Gasteiger charge is 2.08. The van der Waals surface area contributed by atoms with Gasteiger partial charge >= 0.3 is 0 Å². The molecule has 0 spiro atoms. The topological polar surface area (TPSA) is 63.7 Å². The predicted molar refractivity (Wildman–Crippen MR) is 52.9 cm³/mol. The molecule has 74 valence electrons. The number of nitrogens with one attached hydrogen (secondary N) is 1. The zero-order valence-corrected chi connectivity index (χ0v) is 8.76. The van der Waals surface area contributed by atoms with E-state index in [2.05, 4.69) is 20.2 Å². The Morgan fingerprint density at radius 1 is 1.50 bits per heavy atom. The van der Waals surface area contributed by atoms with Crippen LogP contribution in [-0.2, 0) is 11.3 Å². The van der Waals surface area contributed by atoms with Gasteiger partial charge in [-0.1, -0.05) is 0 Å². The molecule has 0 saturated heterocycles. The Balaban J connectivity index is 2.24. The maximum atomic E-state index is 4.93. The molecule has 6 heteroatoms. The van der Waals surface area contributed by atoms with E-state index in [9.17, 15) is 0 Å². The molecular weight excluding hydrogens is 200 g/mol. The molecular formula is C8H10N4OS. The third-order valence-corrected chi connectivity index (χ3v) is 2.43. The third-order valence-electron chi connectivity index (χ3n) is 1.66. The molecule has 1 N–H and O–H groups in total. The van der Waals surface area contributed by atoms with Crippen LogP contribution in [0.15, 0.2) is 5.38 Å². The Kier molecular flexibility index (Phi) is 2.55. The number of aromatic nitrogens is 4. The molecule has 0 aliphatic carbocycles. The van der Waals surface area contributed by atoms with Gasteiger partial charge < -0.3 is 4.74 Å². The highest BCUT2D eigenvalue weighted by atomic mass is 32.1. The summed E-state index contributed by atoms with van der Waals surface area (Å²) in [6.07, 6.45) is 0. The Bertz CT molecular complexity index is 422. The van der Waals surface area contributed by atoms with Crippen LogP contribution in [-0.4, -0.2) is 27.3 Å². The molecule has 0 fully saturated rings. The van der Waals surface area contributed by atoms with Gasteiger partial charge in [-0.15, -0.1) is 11.3 Å².